The van der Waals surface area contributed by atoms with E-state index in [0.29, 0.717) is 32.5 Å². The van der Waals surface area contributed by atoms with Gasteiger partial charge in [-0.15, -0.1) is 0 Å². The summed E-state index contributed by atoms with van der Waals surface area (Å²) in [5.74, 6) is 1.82. The number of aromatic nitrogens is 2. The Labute approximate surface area is 129 Å². The van der Waals surface area contributed by atoms with Crippen molar-refractivity contribution in [3.63, 3.8) is 0 Å². The molecule has 1 aliphatic heterocycles. The molecule has 0 spiro atoms. The van der Waals surface area contributed by atoms with Crippen molar-refractivity contribution in [3.8, 4) is 0 Å². The van der Waals surface area contributed by atoms with Crippen LogP contribution < -0.4 is 11.1 Å². The molecule has 0 saturated carbocycles. The Morgan fingerprint density at radius 2 is 2.14 bits per heavy atom. The molecule has 6 nitrogen and oxygen atoms in total. The average molecular weight is 299 g/mol. The molecule has 116 valence electrons. The van der Waals surface area contributed by atoms with Crippen molar-refractivity contribution >= 4 is 22.6 Å². The van der Waals surface area contributed by atoms with Gasteiger partial charge in [-0.25, -0.2) is 9.97 Å². The summed E-state index contributed by atoms with van der Waals surface area (Å²) in [6.45, 7) is 2.79. The van der Waals surface area contributed by atoms with Gasteiger partial charge in [-0.05, 0) is 25.1 Å². The summed E-state index contributed by atoms with van der Waals surface area (Å²) in [7, 11) is 0. The number of hydrogen-bond acceptors (Lipinski definition) is 5. The van der Waals surface area contributed by atoms with Crippen LogP contribution in [0.5, 0.6) is 0 Å². The maximum atomic E-state index is 11.6. The molecule has 1 saturated heterocycles. The summed E-state index contributed by atoms with van der Waals surface area (Å²) in [5.41, 5.74) is 6.53. The van der Waals surface area contributed by atoms with Crippen molar-refractivity contribution in [2.75, 3.05) is 31.5 Å². The molecule has 0 aliphatic carbocycles. The topological polar surface area (TPSA) is 84.1 Å². The molecule has 3 rings (SSSR count). The molecule has 1 aromatic carbocycles. The number of carbonyl (C=O) groups excluding carboxylic acids is 1. The zero-order valence-electron chi connectivity index (χ0n) is 12.6. The Balaban J connectivity index is 1.75. The van der Waals surface area contributed by atoms with Crippen molar-refractivity contribution in [1.82, 2.24) is 14.9 Å². The van der Waals surface area contributed by atoms with Gasteiger partial charge in [0.2, 0.25) is 5.91 Å². The largest absolute Gasteiger partial charge is 0.368 e. The van der Waals surface area contributed by atoms with Crippen LogP contribution in [0.25, 0.3) is 10.9 Å². The Bertz CT molecular complexity index is 673. The van der Waals surface area contributed by atoms with Crippen molar-refractivity contribution in [3.05, 3.63) is 30.1 Å². The van der Waals surface area contributed by atoms with Crippen LogP contribution in [0.4, 0.5) is 5.82 Å². The van der Waals surface area contributed by atoms with Gasteiger partial charge in [-0.1, -0.05) is 12.1 Å². The van der Waals surface area contributed by atoms with Gasteiger partial charge >= 0.3 is 0 Å². The van der Waals surface area contributed by atoms with Crippen molar-refractivity contribution in [1.29, 1.82) is 0 Å². The van der Waals surface area contributed by atoms with E-state index in [1.165, 1.54) is 0 Å². The van der Waals surface area contributed by atoms with E-state index >= 15 is 0 Å². The lowest BCUT2D eigenvalue weighted by Gasteiger charge is -2.16. The highest BCUT2D eigenvalue weighted by atomic mass is 16.2. The highest BCUT2D eigenvalue weighted by Gasteiger charge is 2.19. The number of rotatable bonds is 6. The number of fused-ring (bicyclic) bond motifs is 1. The van der Waals surface area contributed by atoms with Gasteiger partial charge < -0.3 is 16.0 Å². The van der Waals surface area contributed by atoms with E-state index in [4.69, 9.17) is 5.73 Å². The van der Waals surface area contributed by atoms with Crippen LogP contribution in [0.1, 0.15) is 18.7 Å². The smallest absolute Gasteiger partial charge is 0.222 e. The van der Waals surface area contributed by atoms with Crippen LogP contribution in [-0.4, -0.2) is 47.0 Å². The normalized spacial score (nSPS) is 14.8. The molecule has 0 unspecified atom stereocenters. The predicted molar refractivity (Wildman–Crippen MR) is 86.6 cm³/mol. The lowest BCUT2D eigenvalue weighted by molar-refractivity contribution is -0.127. The molecular formula is C16H21N5O. The zero-order valence-corrected chi connectivity index (χ0v) is 12.6. The second kappa shape index (κ2) is 6.70. The quantitative estimate of drug-likeness (QED) is 0.836. The first kappa shape index (κ1) is 14.7. The lowest BCUT2D eigenvalue weighted by Crippen LogP contribution is -2.30. The van der Waals surface area contributed by atoms with Crippen LogP contribution in [0, 0.1) is 0 Å². The Morgan fingerprint density at radius 1 is 1.27 bits per heavy atom. The number of hydrogen-bond donors (Lipinski definition) is 2. The van der Waals surface area contributed by atoms with Crippen LogP contribution in [0.15, 0.2) is 24.3 Å². The average Bonchev–Trinajstić information content (AvgIpc) is 2.93. The number of nitrogens with one attached hydrogen (secondary N) is 1. The summed E-state index contributed by atoms with van der Waals surface area (Å²) in [6, 6.07) is 7.93. The third-order valence-electron chi connectivity index (χ3n) is 3.86. The Morgan fingerprint density at radius 3 is 2.91 bits per heavy atom. The Kier molecular flexibility index (Phi) is 4.48. The molecule has 2 aromatic rings. The second-order valence-electron chi connectivity index (χ2n) is 5.46. The van der Waals surface area contributed by atoms with Gasteiger partial charge in [0.1, 0.15) is 11.6 Å². The van der Waals surface area contributed by atoms with E-state index in [1.54, 1.807) is 0 Å². The van der Waals surface area contributed by atoms with E-state index < -0.39 is 0 Å². The highest BCUT2D eigenvalue weighted by molar-refractivity contribution is 5.89. The monoisotopic (exact) mass is 299 g/mol. The van der Waals surface area contributed by atoms with Gasteiger partial charge in [0.05, 0.1) is 5.52 Å². The minimum absolute atomic E-state index is 0.248. The van der Waals surface area contributed by atoms with E-state index in [-0.39, 0.29) is 5.91 Å². The van der Waals surface area contributed by atoms with E-state index in [0.717, 1.165) is 35.5 Å². The summed E-state index contributed by atoms with van der Waals surface area (Å²) < 4.78 is 0. The fourth-order valence-corrected chi connectivity index (χ4v) is 2.75. The molecule has 1 aromatic heterocycles. The maximum absolute atomic E-state index is 11.6. The van der Waals surface area contributed by atoms with Crippen LogP contribution in [0.2, 0.25) is 0 Å². The van der Waals surface area contributed by atoms with Gasteiger partial charge in [0.25, 0.3) is 0 Å². The number of nitrogens with two attached hydrogens (primary N) is 1. The van der Waals surface area contributed by atoms with E-state index in [9.17, 15) is 4.79 Å². The number of amides is 1. The highest BCUT2D eigenvalue weighted by Crippen LogP contribution is 2.20. The third-order valence-corrected chi connectivity index (χ3v) is 3.86. The molecule has 0 radical (unpaired) electrons. The summed E-state index contributed by atoms with van der Waals surface area (Å²) in [4.78, 5) is 22.6. The first-order valence-corrected chi connectivity index (χ1v) is 7.75. The molecule has 2 heterocycles. The number of anilines is 1. The summed E-state index contributed by atoms with van der Waals surface area (Å²) in [6.07, 6.45) is 2.30. The summed E-state index contributed by atoms with van der Waals surface area (Å²) in [5, 5.41) is 4.34. The number of para-hydroxylation sites is 1. The van der Waals surface area contributed by atoms with E-state index in [1.807, 2.05) is 29.2 Å². The zero-order chi connectivity index (χ0) is 15.4. The van der Waals surface area contributed by atoms with Gasteiger partial charge in [-0.3, -0.25) is 4.79 Å². The SMILES string of the molecule is NCCc1nc(NCCN2CCCC2=O)c2ccccc2n1. The second-order valence-corrected chi connectivity index (χ2v) is 5.46. The van der Waals surface area contributed by atoms with Crippen LogP contribution in [0.3, 0.4) is 0 Å². The number of likely N-dealkylation sites (tertiary alicyclic amines) is 1. The number of benzene rings is 1. The predicted octanol–water partition coefficient (Wildman–Crippen LogP) is 1.17. The first-order chi connectivity index (χ1) is 10.8. The third kappa shape index (κ3) is 3.17. The van der Waals surface area contributed by atoms with Gasteiger partial charge in [-0.2, -0.15) is 0 Å². The molecule has 3 N–H and O–H groups in total. The van der Waals surface area contributed by atoms with Crippen LogP contribution in [-0.2, 0) is 11.2 Å². The Hall–Kier alpha value is -2.21. The van der Waals surface area contributed by atoms with Crippen LogP contribution >= 0.6 is 0 Å². The van der Waals surface area contributed by atoms with Crippen molar-refractivity contribution in [2.45, 2.75) is 19.3 Å². The fraction of sp³-hybridized carbons (Fsp3) is 0.438. The van der Waals surface area contributed by atoms with Crippen molar-refractivity contribution in [2.24, 2.45) is 5.73 Å². The van der Waals surface area contributed by atoms with E-state index in [2.05, 4.69) is 15.3 Å². The molecule has 1 fully saturated rings. The maximum Gasteiger partial charge on any atom is 0.222 e. The molecular weight excluding hydrogens is 278 g/mol. The fourth-order valence-electron chi connectivity index (χ4n) is 2.75. The number of carbonyl (C=O) groups is 1. The summed E-state index contributed by atoms with van der Waals surface area (Å²) >= 11 is 0. The van der Waals surface area contributed by atoms with Crippen molar-refractivity contribution < 1.29 is 4.79 Å². The van der Waals surface area contributed by atoms with Gasteiger partial charge in [0.15, 0.2) is 0 Å². The standard InChI is InChI=1S/C16H21N5O/c17-8-7-14-19-13-5-2-1-4-12(13)16(20-14)18-9-11-21-10-3-6-15(21)22/h1-2,4-5H,3,6-11,17H2,(H,18,19,20). The number of nitrogens with zero attached hydrogens (tertiary/aromatic N) is 3. The minimum atomic E-state index is 0.248. The molecule has 22 heavy (non-hydrogen) atoms. The molecule has 6 heteroatoms. The lowest BCUT2D eigenvalue weighted by atomic mass is 10.2. The molecule has 1 aliphatic rings. The molecule has 0 atom stereocenters. The minimum Gasteiger partial charge on any atom is -0.368 e. The first-order valence-electron chi connectivity index (χ1n) is 7.75. The molecule has 1 amide bonds. The molecule has 0 bridgehead atoms. The van der Waals surface area contributed by atoms with Gasteiger partial charge in [0, 0.05) is 37.9 Å².